The average Bonchev–Trinajstić information content (AvgIpc) is 2.44. The van der Waals surface area contributed by atoms with E-state index in [2.05, 4.69) is 16.6 Å². The van der Waals surface area contributed by atoms with Crippen LogP contribution in [0.4, 0.5) is 17.1 Å². The first kappa shape index (κ1) is 18.2. The molecule has 1 rings (SSSR count). The lowest BCUT2D eigenvalue weighted by Crippen LogP contribution is -3.00. The molecule has 0 saturated carbocycles. The molecule has 0 fully saturated rings. The predicted molar refractivity (Wildman–Crippen MR) is 83.4 cm³/mol. The number of nitrogens with zero attached hydrogens (tertiary/aromatic N) is 1. The first-order chi connectivity index (χ1) is 10.3. The summed E-state index contributed by atoms with van der Waals surface area (Å²) in [5, 5.41) is 41.9. The number of benzene rings is 1. The maximum atomic E-state index is 11.2. The van der Waals surface area contributed by atoms with E-state index in [0.29, 0.717) is 0 Å². The smallest absolute Gasteiger partial charge is 0.195 e. The van der Waals surface area contributed by atoms with Gasteiger partial charge in [-0.05, 0) is 39.7 Å². The Morgan fingerprint density at radius 3 is 2.45 bits per heavy atom. The highest BCUT2D eigenvalue weighted by molar-refractivity contribution is 5.83. The molecular weight excluding hydrogens is 288 g/mol. The second kappa shape index (κ2) is 8.59. The molecule has 0 aromatic heterocycles. The van der Waals surface area contributed by atoms with Crippen molar-refractivity contribution >= 4 is 22.8 Å². The van der Waals surface area contributed by atoms with Crippen LogP contribution in [-0.2, 0) is 0 Å². The Balaban J connectivity index is 2.82. The predicted octanol–water partition coefficient (Wildman–Crippen LogP) is 1.03. The quantitative estimate of drug-likeness (QED) is 0.293. The van der Waals surface area contributed by atoms with Crippen molar-refractivity contribution in [2.24, 2.45) is 5.10 Å². The average molecular weight is 310 g/mol. The van der Waals surface area contributed by atoms with Crippen molar-refractivity contribution in [2.75, 3.05) is 5.43 Å². The third-order valence-electron chi connectivity index (χ3n) is 2.92. The van der Waals surface area contributed by atoms with Gasteiger partial charge in [0.05, 0.1) is 6.07 Å². The standard InChI is InChI=1S/C14H22N4O4/c1-10(2)5-4-6-11(3)15-16-13-8-7-12(17(19)20)9-14(13)18(21)22/h5,7-9,16-19,21H,4,6H2,1-3H3. The van der Waals surface area contributed by atoms with Gasteiger partial charge in [-0.2, -0.15) is 15.6 Å². The molecule has 122 valence electrons. The Hall–Kier alpha value is -1.81. The number of nitrogens with one attached hydrogen (secondary N) is 3. The van der Waals surface area contributed by atoms with Gasteiger partial charge in [0.2, 0.25) is 0 Å². The molecule has 2 unspecified atom stereocenters. The summed E-state index contributed by atoms with van der Waals surface area (Å²) in [5.74, 6) is 0. The van der Waals surface area contributed by atoms with Crippen molar-refractivity contribution in [3.63, 3.8) is 0 Å². The first-order valence-corrected chi connectivity index (χ1v) is 6.84. The number of hydrogen-bond donors (Lipinski definition) is 5. The molecule has 0 heterocycles. The molecule has 22 heavy (non-hydrogen) atoms. The molecule has 5 N–H and O–H groups in total. The lowest BCUT2D eigenvalue weighted by Gasteiger charge is -2.18. The minimum absolute atomic E-state index is 0.0767. The fourth-order valence-electron chi connectivity index (χ4n) is 1.73. The zero-order valence-corrected chi connectivity index (χ0v) is 12.9. The van der Waals surface area contributed by atoms with Gasteiger partial charge in [-0.3, -0.25) is 5.43 Å². The Kier molecular flexibility index (Phi) is 7.12. The van der Waals surface area contributed by atoms with Crippen LogP contribution >= 0.6 is 0 Å². The Labute approximate surface area is 129 Å². The molecule has 0 bridgehead atoms. The van der Waals surface area contributed by atoms with Crippen LogP contribution in [0.2, 0.25) is 0 Å². The highest BCUT2D eigenvalue weighted by atomic mass is 16.8. The molecule has 0 spiro atoms. The second-order valence-corrected chi connectivity index (χ2v) is 5.15. The van der Waals surface area contributed by atoms with Crippen molar-refractivity contribution in [3.05, 3.63) is 40.3 Å². The molecule has 0 amide bonds. The Morgan fingerprint density at radius 2 is 1.91 bits per heavy atom. The summed E-state index contributed by atoms with van der Waals surface area (Å²) in [6, 6.07) is 3.85. The SMILES string of the molecule is CC(C)=CCCC(C)=NNc1ccc([NH+]([O-])O)cc1[NH+]([O-])O. The van der Waals surface area contributed by atoms with Crippen molar-refractivity contribution < 1.29 is 20.9 Å². The normalized spacial score (nSPS) is 14.4. The molecule has 1 aromatic rings. The van der Waals surface area contributed by atoms with Gasteiger partial charge in [-0.25, -0.2) is 10.4 Å². The van der Waals surface area contributed by atoms with Crippen molar-refractivity contribution in [1.82, 2.24) is 0 Å². The van der Waals surface area contributed by atoms with Crippen LogP contribution in [0.15, 0.2) is 34.9 Å². The van der Waals surface area contributed by atoms with Gasteiger partial charge in [0.25, 0.3) is 0 Å². The minimum atomic E-state index is -1.21. The first-order valence-electron chi connectivity index (χ1n) is 6.84. The van der Waals surface area contributed by atoms with Gasteiger partial charge < -0.3 is 10.4 Å². The topological polar surface area (TPSA) is 120 Å². The van der Waals surface area contributed by atoms with E-state index in [9.17, 15) is 10.4 Å². The molecule has 8 nitrogen and oxygen atoms in total. The summed E-state index contributed by atoms with van der Waals surface area (Å²) >= 11 is 0. The van der Waals surface area contributed by atoms with E-state index in [4.69, 9.17) is 10.4 Å². The van der Waals surface area contributed by atoms with Gasteiger partial charge in [-0.15, -0.1) is 0 Å². The van der Waals surface area contributed by atoms with Crippen LogP contribution in [0.25, 0.3) is 0 Å². The zero-order valence-electron chi connectivity index (χ0n) is 12.9. The van der Waals surface area contributed by atoms with Gasteiger partial charge in [0.1, 0.15) is 5.69 Å². The number of rotatable bonds is 7. The van der Waals surface area contributed by atoms with E-state index in [1.54, 1.807) is 0 Å². The van der Waals surface area contributed by atoms with Crippen molar-refractivity contribution in [2.45, 2.75) is 33.6 Å². The van der Waals surface area contributed by atoms with Crippen LogP contribution in [0.5, 0.6) is 0 Å². The number of hydrogen-bond acceptors (Lipinski definition) is 6. The van der Waals surface area contributed by atoms with Crippen LogP contribution < -0.4 is 15.9 Å². The zero-order chi connectivity index (χ0) is 16.7. The van der Waals surface area contributed by atoms with Crippen LogP contribution in [0, 0.1) is 10.4 Å². The maximum absolute atomic E-state index is 11.2. The minimum Gasteiger partial charge on any atom is -0.595 e. The lowest BCUT2D eigenvalue weighted by atomic mass is 10.2. The third kappa shape index (κ3) is 5.90. The molecule has 0 saturated heterocycles. The van der Waals surface area contributed by atoms with Crippen LogP contribution in [0.3, 0.4) is 0 Å². The molecule has 0 aliphatic heterocycles. The Bertz CT molecular complexity index is 552. The summed E-state index contributed by atoms with van der Waals surface area (Å²) < 4.78 is 0. The van der Waals surface area contributed by atoms with Crippen molar-refractivity contribution in [1.29, 1.82) is 0 Å². The lowest BCUT2D eigenvalue weighted by molar-refractivity contribution is -0.996. The number of hydrazone groups is 1. The van der Waals surface area contributed by atoms with Gasteiger partial charge in [-0.1, -0.05) is 11.6 Å². The van der Waals surface area contributed by atoms with Gasteiger partial charge >= 0.3 is 0 Å². The fraction of sp³-hybridized carbons (Fsp3) is 0.357. The molecule has 0 radical (unpaired) electrons. The molecule has 1 aromatic carbocycles. The number of allylic oxidation sites excluding steroid dienone is 2. The van der Waals surface area contributed by atoms with E-state index in [0.717, 1.165) is 24.6 Å². The molecule has 0 aliphatic carbocycles. The molecule has 8 heteroatoms. The van der Waals surface area contributed by atoms with E-state index in [1.165, 1.54) is 17.7 Å². The molecule has 0 aliphatic rings. The fourth-order valence-corrected chi connectivity index (χ4v) is 1.73. The van der Waals surface area contributed by atoms with E-state index in [-0.39, 0.29) is 17.1 Å². The van der Waals surface area contributed by atoms with E-state index < -0.39 is 10.5 Å². The Morgan fingerprint density at radius 1 is 1.23 bits per heavy atom. The van der Waals surface area contributed by atoms with Crippen molar-refractivity contribution in [3.8, 4) is 0 Å². The summed E-state index contributed by atoms with van der Waals surface area (Å²) in [5.41, 5.74) is 4.82. The number of anilines is 1. The molecular formula is C14H22N4O4. The summed E-state index contributed by atoms with van der Waals surface area (Å²) in [7, 11) is 0. The highest BCUT2D eigenvalue weighted by Gasteiger charge is 2.13. The summed E-state index contributed by atoms with van der Waals surface area (Å²) in [6.07, 6.45) is 3.72. The van der Waals surface area contributed by atoms with Gasteiger partial charge in [0.15, 0.2) is 11.4 Å². The maximum Gasteiger partial charge on any atom is 0.195 e. The largest absolute Gasteiger partial charge is 0.595 e. The summed E-state index contributed by atoms with van der Waals surface area (Å²) in [6.45, 7) is 5.89. The van der Waals surface area contributed by atoms with Gasteiger partial charge in [0, 0.05) is 11.8 Å². The monoisotopic (exact) mass is 310 g/mol. The highest BCUT2D eigenvalue weighted by Crippen LogP contribution is 2.20. The number of quaternary nitrogens is 2. The third-order valence-corrected chi connectivity index (χ3v) is 2.92. The van der Waals surface area contributed by atoms with E-state index in [1.807, 2.05) is 20.8 Å². The second-order valence-electron chi connectivity index (χ2n) is 5.15. The van der Waals surface area contributed by atoms with Crippen LogP contribution in [0.1, 0.15) is 33.6 Å². The molecule has 2 atom stereocenters. The summed E-state index contributed by atoms with van der Waals surface area (Å²) in [4.78, 5) is 0. The van der Waals surface area contributed by atoms with Crippen LogP contribution in [-0.4, -0.2) is 16.1 Å². The van der Waals surface area contributed by atoms with E-state index >= 15 is 0 Å².